The van der Waals surface area contributed by atoms with Crippen molar-refractivity contribution in [2.24, 2.45) is 0 Å². The summed E-state index contributed by atoms with van der Waals surface area (Å²) in [6.07, 6.45) is 6.37. The van der Waals surface area contributed by atoms with E-state index in [2.05, 4.69) is 15.5 Å². The van der Waals surface area contributed by atoms with Gasteiger partial charge in [0, 0.05) is 18.8 Å². The number of amides is 1. The van der Waals surface area contributed by atoms with Crippen molar-refractivity contribution in [3.8, 4) is 0 Å². The Hall–Kier alpha value is -1.92. The fourth-order valence-electron chi connectivity index (χ4n) is 2.98. The van der Waals surface area contributed by atoms with Crippen molar-refractivity contribution in [2.45, 2.75) is 69.2 Å². The average Bonchev–Trinajstić information content (AvgIpc) is 3.03. The van der Waals surface area contributed by atoms with E-state index < -0.39 is 11.5 Å². The Bertz CT molecular complexity index is 559. The molecule has 7 heteroatoms. The van der Waals surface area contributed by atoms with Gasteiger partial charge in [-0.1, -0.05) is 18.0 Å². The molecule has 0 unspecified atom stereocenters. The van der Waals surface area contributed by atoms with E-state index in [-0.39, 0.29) is 12.3 Å². The van der Waals surface area contributed by atoms with Gasteiger partial charge in [0.1, 0.15) is 5.54 Å². The number of carbonyl (C=O) groups is 2. The summed E-state index contributed by atoms with van der Waals surface area (Å²) < 4.78 is 5.15. The predicted molar refractivity (Wildman–Crippen MR) is 76.2 cm³/mol. The van der Waals surface area contributed by atoms with Crippen LogP contribution in [-0.4, -0.2) is 32.7 Å². The molecule has 0 spiro atoms. The first-order valence-corrected chi connectivity index (χ1v) is 7.96. The number of carboxylic acids is 1. The number of nitrogens with one attached hydrogen (secondary N) is 1. The topological polar surface area (TPSA) is 105 Å². The van der Waals surface area contributed by atoms with E-state index in [9.17, 15) is 14.7 Å². The first-order chi connectivity index (χ1) is 10.6. The third-order valence-corrected chi connectivity index (χ3v) is 4.47. The number of carbonyl (C=O) groups excluding carboxylic acids is 1. The van der Waals surface area contributed by atoms with Crippen LogP contribution in [0.2, 0.25) is 0 Å². The van der Waals surface area contributed by atoms with Crippen LogP contribution in [0, 0.1) is 0 Å². The fraction of sp³-hybridized carbons (Fsp3) is 0.733. The Morgan fingerprint density at radius 3 is 2.68 bits per heavy atom. The fourth-order valence-corrected chi connectivity index (χ4v) is 2.98. The molecule has 0 atom stereocenters. The maximum atomic E-state index is 12.0. The van der Waals surface area contributed by atoms with Crippen molar-refractivity contribution in [1.82, 2.24) is 15.5 Å². The molecule has 0 saturated heterocycles. The third-order valence-electron chi connectivity index (χ3n) is 4.47. The highest BCUT2D eigenvalue weighted by Gasteiger charge is 2.42. The maximum Gasteiger partial charge on any atom is 0.329 e. The summed E-state index contributed by atoms with van der Waals surface area (Å²) in [5.74, 6) is 0.646. The Kier molecular flexibility index (Phi) is 4.13. The first-order valence-electron chi connectivity index (χ1n) is 7.96. The molecule has 2 saturated carbocycles. The van der Waals surface area contributed by atoms with Gasteiger partial charge in [-0.2, -0.15) is 4.98 Å². The zero-order valence-corrected chi connectivity index (χ0v) is 12.5. The predicted octanol–water partition coefficient (Wildman–Crippen LogP) is 1.78. The van der Waals surface area contributed by atoms with Gasteiger partial charge in [-0.15, -0.1) is 0 Å². The van der Waals surface area contributed by atoms with Gasteiger partial charge in [0.05, 0.1) is 0 Å². The van der Waals surface area contributed by atoms with Crippen molar-refractivity contribution in [1.29, 1.82) is 0 Å². The van der Waals surface area contributed by atoms with Crippen molar-refractivity contribution in [3.05, 3.63) is 11.7 Å². The standard InChI is InChI=1S/C15H21N3O4/c19-11(17-15(14(20)21)8-1-2-9-15)4-3-5-12-16-13(18-22-12)10-6-7-10/h10H,1-9H2,(H,17,19)(H,20,21). The minimum Gasteiger partial charge on any atom is -0.480 e. The van der Waals surface area contributed by atoms with Crippen molar-refractivity contribution in [2.75, 3.05) is 0 Å². The number of carboxylic acid groups (broad SMARTS) is 1. The van der Waals surface area contributed by atoms with E-state index in [4.69, 9.17) is 4.52 Å². The van der Waals surface area contributed by atoms with Crippen molar-refractivity contribution < 1.29 is 19.2 Å². The summed E-state index contributed by atoms with van der Waals surface area (Å²) in [7, 11) is 0. The maximum absolute atomic E-state index is 12.0. The number of nitrogens with zero attached hydrogens (tertiary/aromatic N) is 2. The molecule has 3 rings (SSSR count). The smallest absolute Gasteiger partial charge is 0.329 e. The zero-order valence-electron chi connectivity index (χ0n) is 12.5. The van der Waals surface area contributed by atoms with E-state index in [1.807, 2.05) is 0 Å². The second-order valence-corrected chi connectivity index (χ2v) is 6.32. The molecule has 2 fully saturated rings. The third kappa shape index (κ3) is 3.28. The van der Waals surface area contributed by atoms with Gasteiger partial charge in [-0.3, -0.25) is 4.79 Å². The summed E-state index contributed by atoms with van der Waals surface area (Å²) in [4.78, 5) is 27.7. The van der Waals surface area contributed by atoms with Gasteiger partial charge in [-0.25, -0.2) is 4.79 Å². The molecule has 2 aliphatic rings. The van der Waals surface area contributed by atoms with Gasteiger partial charge in [0.15, 0.2) is 5.82 Å². The molecular formula is C15H21N3O4. The second kappa shape index (κ2) is 6.06. The molecule has 0 radical (unpaired) electrons. The van der Waals surface area contributed by atoms with E-state index >= 15 is 0 Å². The molecule has 0 aromatic carbocycles. The lowest BCUT2D eigenvalue weighted by molar-refractivity contribution is -0.147. The van der Waals surface area contributed by atoms with Crippen LogP contribution in [0.3, 0.4) is 0 Å². The number of hydrogen-bond donors (Lipinski definition) is 2. The largest absolute Gasteiger partial charge is 0.480 e. The van der Waals surface area contributed by atoms with Crippen LogP contribution in [0.5, 0.6) is 0 Å². The summed E-state index contributed by atoms with van der Waals surface area (Å²) in [5.41, 5.74) is -1.05. The van der Waals surface area contributed by atoms with Gasteiger partial charge in [0.2, 0.25) is 11.8 Å². The van der Waals surface area contributed by atoms with E-state index in [0.29, 0.717) is 37.5 Å². The molecule has 2 aliphatic carbocycles. The van der Waals surface area contributed by atoms with E-state index in [0.717, 1.165) is 31.5 Å². The van der Waals surface area contributed by atoms with Gasteiger partial charge in [-0.05, 0) is 32.1 Å². The molecule has 1 amide bonds. The van der Waals surface area contributed by atoms with Crippen LogP contribution in [0.15, 0.2) is 4.52 Å². The molecule has 0 aliphatic heterocycles. The average molecular weight is 307 g/mol. The van der Waals surface area contributed by atoms with Crippen LogP contribution in [0.1, 0.15) is 69.0 Å². The van der Waals surface area contributed by atoms with Gasteiger partial charge < -0.3 is 14.9 Å². The van der Waals surface area contributed by atoms with Crippen LogP contribution in [0.4, 0.5) is 0 Å². The normalized spacial score (nSPS) is 20.0. The minimum atomic E-state index is -1.05. The Balaban J connectivity index is 1.44. The van der Waals surface area contributed by atoms with Crippen LogP contribution < -0.4 is 5.32 Å². The number of aryl methyl sites for hydroxylation is 1. The Morgan fingerprint density at radius 2 is 2.05 bits per heavy atom. The first kappa shape index (κ1) is 15.0. The lowest BCUT2D eigenvalue weighted by Crippen LogP contribution is -2.52. The van der Waals surface area contributed by atoms with Crippen LogP contribution in [0.25, 0.3) is 0 Å². The molecule has 120 valence electrons. The number of aliphatic carboxylic acids is 1. The molecule has 2 N–H and O–H groups in total. The SMILES string of the molecule is O=C(CCCc1nc(C2CC2)no1)NC1(C(=O)O)CCCC1. The highest BCUT2D eigenvalue weighted by atomic mass is 16.5. The number of hydrogen-bond acceptors (Lipinski definition) is 5. The lowest BCUT2D eigenvalue weighted by Gasteiger charge is -2.25. The summed E-state index contributed by atoms with van der Waals surface area (Å²) in [6.45, 7) is 0. The van der Waals surface area contributed by atoms with Gasteiger partial charge >= 0.3 is 5.97 Å². The van der Waals surface area contributed by atoms with E-state index in [1.165, 1.54) is 0 Å². The highest BCUT2D eigenvalue weighted by Crippen LogP contribution is 2.38. The monoisotopic (exact) mass is 307 g/mol. The summed E-state index contributed by atoms with van der Waals surface area (Å²) >= 11 is 0. The van der Waals surface area contributed by atoms with Crippen LogP contribution in [-0.2, 0) is 16.0 Å². The lowest BCUT2D eigenvalue weighted by atomic mass is 9.97. The number of aromatic nitrogens is 2. The minimum absolute atomic E-state index is 0.216. The van der Waals surface area contributed by atoms with Crippen molar-refractivity contribution >= 4 is 11.9 Å². The quantitative estimate of drug-likeness (QED) is 0.795. The van der Waals surface area contributed by atoms with E-state index in [1.54, 1.807) is 0 Å². The molecule has 1 aromatic rings. The molecule has 1 aromatic heterocycles. The summed E-state index contributed by atoms with van der Waals surface area (Å²) in [6, 6.07) is 0. The van der Waals surface area contributed by atoms with Gasteiger partial charge in [0.25, 0.3) is 0 Å². The Morgan fingerprint density at radius 1 is 1.32 bits per heavy atom. The highest BCUT2D eigenvalue weighted by molar-refractivity contribution is 5.87. The Labute approximate surface area is 128 Å². The zero-order chi connectivity index (χ0) is 15.6. The number of rotatable bonds is 7. The molecule has 7 nitrogen and oxygen atoms in total. The second-order valence-electron chi connectivity index (χ2n) is 6.32. The summed E-state index contributed by atoms with van der Waals surface area (Å²) in [5, 5.41) is 16.0. The molecule has 0 bridgehead atoms. The van der Waals surface area contributed by atoms with Crippen LogP contribution >= 0.6 is 0 Å². The molecule has 1 heterocycles. The molecular weight excluding hydrogens is 286 g/mol. The molecule has 22 heavy (non-hydrogen) atoms. The van der Waals surface area contributed by atoms with Crippen molar-refractivity contribution in [3.63, 3.8) is 0 Å².